The largest absolute Gasteiger partial charge is 0.462 e. The minimum absolute atomic E-state index is 0.205. The topological polar surface area (TPSA) is 81.4 Å². The standard InChI is InChI=1S/C12H16N2O3/c1-4-17-12(16)9-5-7(2)11(10(13)6-9)14-8(3)15/h5-6H,4,13H2,1-3H3,(H,14,15). The molecule has 0 aliphatic heterocycles. The van der Waals surface area contributed by atoms with Gasteiger partial charge in [-0.3, -0.25) is 4.79 Å². The van der Waals surface area contributed by atoms with Crippen LogP contribution in [0.15, 0.2) is 12.1 Å². The van der Waals surface area contributed by atoms with Crippen molar-refractivity contribution in [1.29, 1.82) is 0 Å². The Hall–Kier alpha value is -2.04. The van der Waals surface area contributed by atoms with Crippen LogP contribution in [0.3, 0.4) is 0 Å². The number of ether oxygens (including phenoxy) is 1. The van der Waals surface area contributed by atoms with Crippen LogP contribution in [-0.2, 0) is 9.53 Å². The van der Waals surface area contributed by atoms with E-state index in [0.29, 0.717) is 23.5 Å². The maximum absolute atomic E-state index is 11.5. The Morgan fingerprint density at radius 1 is 1.41 bits per heavy atom. The van der Waals surface area contributed by atoms with Crippen molar-refractivity contribution in [1.82, 2.24) is 0 Å². The lowest BCUT2D eigenvalue weighted by atomic mass is 10.1. The summed E-state index contributed by atoms with van der Waals surface area (Å²) in [7, 11) is 0. The molecule has 0 unspecified atom stereocenters. The van der Waals surface area contributed by atoms with Crippen molar-refractivity contribution in [3.05, 3.63) is 23.3 Å². The number of nitrogens with two attached hydrogens (primary N) is 1. The first kappa shape index (κ1) is 13.0. The van der Waals surface area contributed by atoms with Gasteiger partial charge in [0.25, 0.3) is 0 Å². The fourth-order valence-corrected chi connectivity index (χ4v) is 1.49. The van der Waals surface area contributed by atoms with Crippen LogP contribution in [0.2, 0.25) is 0 Å². The molecule has 1 amide bonds. The summed E-state index contributed by atoms with van der Waals surface area (Å²) in [4.78, 5) is 22.5. The van der Waals surface area contributed by atoms with E-state index in [2.05, 4.69) is 5.32 Å². The third kappa shape index (κ3) is 3.21. The molecule has 0 fully saturated rings. The van der Waals surface area contributed by atoms with Crippen LogP contribution in [0, 0.1) is 6.92 Å². The van der Waals surface area contributed by atoms with Gasteiger partial charge in [-0.1, -0.05) is 0 Å². The zero-order valence-electron chi connectivity index (χ0n) is 10.2. The third-order valence-electron chi connectivity index (χ3n) is 2.18. The average Bonchev–Trinajstić information content (AvgIpc) is 2.23. The number of anilines is 2. The molecule has 0 atom stereocenters. The van der Waals surface area contributed by atoms with Crippen LogP contribution >= 0.6 is 0 Å². The zero-order chi connectivity index (χ0) is 13.0. The number of esters is 1. The minimum atomic E-state index is -0.420. The van der Waals surface area contributed by atoms with E-state index in [0.717, 1.165) is 5.56 Å². The Labute approximate surface area is 99.9 Å². The molecule has 92 valence electrons. The second-order valence-electron chi connectivity index (χ2n) is 3.66. The summed E-state index contributed by atoms with van der Waals surface area (Å²) in [5.74, 6) is -0.625. The van der Waals surface area contributed by atoms with E-state index in [-0.39, 0.29) is 5.91 Å². The van der Waals surface area contributed by atoms with Gasteiger partial charge in [-0.2, -0.15) is 0 Å². The molecule has 0 heterocycles. The lowest BCUT2D eigenvalue weighted by Gasteiger charge is -2.12. The fourth-order valence-electron chi connectivity index (χ4n) is 1.49. The number of amides is 1. The molecule has 5 nitrogen and oxygen atoms in total. The van der Waals surface area contributed by atoms with E-state index in [9.17, 15) is 9.59 Å². The Bertz CT molecular complexity index is 432. The van der Waals surface area contributed by atoms with Gasteiger partial charge in [0.1, 0.15) is 0 Å². The van der Waals surface area contributed by atoms with Gasteiger partial charge in [0.15, 0.2) is 0 Å². The predicted octanol–water partition coefficient (Wildman–Crippen LogP) is 1.71. The molecule has 0 spiro atoms. The summed E-state index contributed by atoms with van der Waals surface area (Å²) in [6, 6.07) is 3.13. The molecule has 0 aliphatic carbocycles. The number of nitrogen functional groups attached to an aromatic ring is 1. The number of hydrogen-bond donors (Lipinski definition) is 2. The van der Waals surface area contributed by atoms with Crippen LogP contribution in [0.5, 0.6) is 0 Å². The Morgan fingerprint density at radius 2 is 2.06 bits per heavy atom. The Balaban J connectivity index is 3.09. The number of carbonyl (C=O) groups is 2. The normalized spacial score (nSPS) is 9.82. The minimum Gasteiger partial charge on any atom is -0.462 e. The molecular formula is C12H16N2O3. The summed E-state index contributed by atoms with van der Waals surface area (Å²) >= 11 is 0. The second kappa shape index (κ2) is 5.34. The average molecular weight is 236 g/mol. The lowest BCUT2D eigenvalue weighted by Crippen LogP contribution is -2.12. The molecule has 5 heteroatoms. The Morgan fingerprint density at radius 3 is 2.53 bits per heavy atom. The van der Waals surface area contributed by atoms with Gasteiger partial charge in [0.05, 0.1) is 23.5 Å². The van der Waals surface area contributed by atoms with E-state index in [1.165, 1.54) is 13.0 Å². The van der Waals surface area contributed by atoms with Crippen molar-refractivity contribution in [2.24, 2.45) is 0 Å². The van der Waals surface area contributed by atoms with Crippen molar-refractivity contribution in [2.45, 2.75) is 20.8 Å². The maximum Gasteiger partial charge on any atom is 0.338 e. The van der Waals surface area contributed by atoms with Gasteiger partial charge < -0.3 is 15.8 Å². The van der Waals surface area contributed by atoms with Gasteiger partial charge >= 0.3 is 5.97 Å². The molecule has 0 aromatic heterocycles. The molecule has 1 aromatic rings. The van der Waals surface area contributed by atoms with Crippen LogP contribution in [-0.4, -0.2) is 18.5 Å². The van der Waals surface area contributed by atoms with Gasteiger partial charge in [-0.05, 0) is 31.5 Å². The van der Waals surface area contributed by atoms with Gasteiger partial charge in [0, 0.05) is 6.92 Å². The molecule has 0 saturated heterocycles. The molecule has 1 rings (SSSR count). The van der Waals surface area contributed by atoms with Crippen LogP contribution in [0.25, 0.3) is 0 Å². The number of aryl methyl sites for hydroxylation is 1. The van der Waals surface area contributed by atoms with Crippen LogP contribution < -0.4 is 11.1 Å². The SMILES string of the molecule is CCOC(=O)c1cc(C)c(NC(C)=O)c(N)c1. The quantitative estimate of drug-likeness (QED) is 0.618. The van der Waals surface area contributed by atoms with Crippen molar-refractivity contribution >= 4 is 23.3 Å². The Kier molecular flexibility index (Phi) is 4.09. The number of benzene rings is 1. The van der Waals surface area contributed by atoms with Gasteiger partial charge in [0.2, 0.25) is 5.91 Å². The first-order valence-electron chi connectivity index (χ1n) is 5.30. The highest BCUT2D eigenvalue weighted by Crippen LogP contribution is 2.25. The first-order valence-corrected chi connectivity index (χ1v) is 5.30. The lowest BCUT2D eigenvalue weighted by molar-refractivity contribution is -0.114. The fraction of sp³-hybridized carbons (Fsp3) is 0.333. The second-order valence-corrected chi connectivity index (χ2v) is 3.66. The summed E-state index contributed by atoms with van der Waals surface area (Å²) in [5.41, 5.74) is 7.78. The van der Waals surface area contributed by atoms with E-state index in [4.69, 9.17) is 10.5 Å². The third-order valence-corrected chi connectivity index (χ3v) is 2.18. The molecule has 0 saturated carbocycles. The van der Waals surface area contributed by atoms with Crippen LogP contribution in [0.4, 0.5) is 11.4 Å². The summed E-state index contributed by atoms with van der Waals surface area (Å²) < 4.78 is 4.88. The summed E-state index contributed by atoms with van der Waals surface area (Å²) in [5, 5.41) is 2.62. The predicted molar refractivity (Wildman–Crippen MR) is 65.9 cm³/mol. The molecule has 3 N–H and O–H groups in total. The number of carbonyl (C=O) groups excluding carboxylic acids is 2. The van der Waals surface area contributed by atoms with Gasteiger partial charge in [-0.15, -0.1) is 0 Å². The molecule has 0 bridgehead atoms. The van der Waals surface area contributed by atoms with Gasteiger partial charge in [-0.25, -0.2) is 4.79 Å². The van der Waals surface area contributed by atoms with E-state index >= 15 is 0 Å². The van der Waals surface area contributed by atoms with Crippen LogP contribution in [0.1, 0.15) is 29.8 Å². The molecular weight excluding hydrogens is 220 g/mol. The molecule has 17 heavy (non-hydrogen) atoms. The van der Waals surface area contributed by atoms with E-state index < -0.39 is 5.97 Å². The number of hydrogen-bond acceptors (Lipinski definition) is 4. The monoisotopic (exact) mass is 236 g/mol. The van der Waals surface area contributed by atoms with E-state index in [1.807, 2.05) is 0 Å². The zero-order valence-corrected chi connectivity index (χ0v) is 10.2. The summed E-state index contributed by atoms with van der Waals surface area (Å²) in [6.45, 7) is 5.22. The smallest absolute Gasteiger partial charge is 0.338 e. The number of rotatable bonds is 3. The van der Waals surface area contributed by atoms with Crippen molar-refractivity contribution in [3.8, 4) is 0 Å². The highest BCUT2D eigenvalue weighted by molar-refractivity contribution is 5.97. The molecule has 0 radical (unpaired) electrons. The molecule has 0 aliphatic rings. The van der Waals surface area contributed by atoms with E-state index in [1.54, 1.807) is 19.9 Å². The summed E-state index contributed by atoms with van der Waals surface area (Å²) in [6.07, 6.45) is 0. The molecule has 1 aromatic carbocycles. The maximum atomic E-state index is 11.5. The van der Waals surface area contributed by atoms with Crippen molar-refractivity contribution in [3.63, 3.8) is 0 Å². The number of nitrogens with one attached hydrogen (secondary N) is 1. The highest BCUT2D eigenvalue weighted by atomic mass is 16.5. The van der Waals surface area contributed by atoms with Crippen molar-refractivity contribution in [2.75, 3.05) is 17.7 Å². The highest BCUT2D eigenvalue weighted by Gasteiger charge is 2.12. The van der Waals surface area contributed by atoms with Crippen molar-refractivity contribution < 1.29 is 14.3 Å². The first-order chi connectivity index (χ1) is 7.95.